The van der Waals surface area contributed by atoms with Crippen molar-refractivity contribution in [3.8, 4) is 6.07 Å². The van der Waals surface area contributed by atoms with Gasteiger partial charge in [-0.05, 0) is 6.42 Å². The summed E-state index contributed by atoms with van der Waals surface area (Å²) < 4.78 is 5.30. The van der Waals surface area contributed by atoms with Gasteiger partial charge >= 0.3 is 0 Å². The molecule has 0 N–H and O–H groups in total. The average Bonchev–Trinajstić information content (AvgIpc) is 2.81. The molecule has 15 heavy (non-hydrogen) atoms. The summed E-state index contributed by atoms with van der Waals surface area (Å²) in [6, 6.07) is 2.34. The van der Waals surface area contributed by atoms with Gasteiger partial charge in [-0.3, -0.25) is 0 Å². The molecule has 0 aliphatic carbocycles. The Morgan fingerprint density at radius 2 is 2.33 bits per heavy atom. The van der Waals surface area contributed by atoms with Crippen LogP contribution in [0.15, 0.2) is 12.4 Å². The molecule has 5 nitrogen and oxygen atoms in total. The van der Waals surface area contributed by atoms with Crippen molar-refractivity contribution in [2.45, 2.75) is 12.5 Å². The van der Waals surface area contributed by atoms with Crippen LogP contribution in [0.2, 0.25) is 0 Å². The van der Waals surface area contributed by atoms with Crippen molar-refractivity contribution in [3.05, 3.63) is 18.1 Å². The van der Waals surface area contributed by atoms with Gasteiger partial charge in [0.1, 0.15) is 6.07 Å². The summed E-state index contributed by atoms with van der Waals surface area (Å²) in [6.45, 7) is 1.47. The lowest BCUT2D eigenvalue weighted by Gasteiger charge is -2.24. The van der Waals surface area contributed by atoms with Crippen molar-refractivity contribution in [2.24, 2.45) is 0 Å². The molecule has 1 unspecified atom stereocenters. The van der Waals surface area contributed by atoms with E-state index in [-0.39, 0.29) is 0 Å². The minimum atomic E-state index is 0.300. The molecule has 0 radical (unpaired) electrons. The number of nitrogens with zero attached hydrogens (tertiary/aromatic N) is 4. The Balaban J connectivity index is 2.24. The summed E-state index contributed by atoms with van der Waals surface area (Å²) >= 11 is 0. The first kappa shape index (κ1) is 9.87. The van der Waals surface area contributed by atoms with Gasteiger partial charge in [0.25, 0.3) is 0 Å². The topological polar surface area (TPSA) is 62.0 Å². The van der Waals surface area contributed by atoms with Gasteiger partial charge < -0.3 is 9.64 Å². The lowest BCUT2D eigenvalue weighted by molar-refractivity contribution is 0.193. The van der Waals surface area contributed by atoms with E-state index >= 15 is 0 Å². The molecule has 0 saturated carbocycles. The van der Waals surface area contributed by atoms with Crippen molar-refractivity contribution >= 4 is 5.82 Å². The van der Waals surface area contributed by atoms with Crippen molar-refractivity contribution < 1.29 is 4.74 Å². The van der Waals surface area contributed by atoms with E-state index in [9.17, 15) is 0 Å². The second-order valence-electron chi connectivity index (χ2n) is 3.47. The second kappa shape index (κ2) is 4.24. The fraction of sp³-hybridized carbons (Fsp3) is 0.500. The first-order chi connectivity index (χ1) is 7.33. The molecule has 2 rings (SSSR count). The zero-order chi connectivity index (χ0) is 10.7. The maximum absolute atomic E-state index is 8.90. The molecule has 1 fully saturated rings. The molecule has 1 aromatic heterocycles. The van der Waals surface area contributed by atoms with Gasteiger partial charge in [0.05, 0.1) is 12.6 Å². The number of rotatable bonds is 2. The molecule has 2 heterocycles. The summed E-state index contributed by atoms with van der Waals surface area (Å²) in [5, 5.41) is 8.90. The number of nitriles is 1. The second-order valence-corrected chi connectivity index (χ2v) is 3.47. The fourth-order valence-corrected chi connectivity index (χ4v) is 1.67. The van der Waals surface area contributed by atoms with Crippen LogP contribution in [0.25, 0.3) is 0 Å². The molecule has 1 aromatic rings. The third kappa shape index (κ3) is 1.90. The molecule has 0 spiro atoms. The fourth-order valence-electron chi connectivity index (χ4n) is 1.67. The van der Waals surface area contributed by atoms with Crippen LogP contribution in [0.3, 0.4) is 0 Å². The molecular weight excluding hydrogens is 192 g/mol. The molecule has 1 aliphatic rings. The smallest absolute Gasteiger partial charge is 0.183 e. The SMILES string of the molecule is CN(c1nccnc1C#N)C1CCOC1. The van der Waals surface area contributed by atoms with E-state index in [2.05, 4.69) is 9.97 Å². The lowest BCUT2D eigenvalue weighted by atomic mass is 10.2. The number of hydrogen-bond acceptors (Lipinski definition) is 5. The summed E-state index contributed by atoms with van der Waals surface area (Å²) in [5.74, 6) is 0.635. The molecule has 0 amide bonds. The zero-order valence-corrected chi connectivity index (χ0v) is 8.55. The molecule has 0 aromatic carbocycles. The Labute approximate surface area is 88.3 Å². The van der Waals surface area contributed by atoms with Gasteiger partial charge in [-0.25, -0.2) is 9.97 Å². The highest BCUT2D eigenvalue weighted by atomic mass is 16.5. The highest BCUT2D eigenvalue weighted by molar-refractivity contribution is 5.49. The van der Waals surface area contributed by atoms with Crippen LogP contribution in [0, 0.1) is 11.3 Å². The van der Waals surface area contributed by atoms with Crippen molar-refractivity contribution in [1.82, 2.24) is 9.97 Å². The molecular formula is C10H12N4O. The van der Waals surface area contributed by atoms with E-state index < -0.39 is 0 Å². The monoisotopic (exact) mass is 204 g/mol. The van der Waals surface area contributed by atoms with Gasteiger partial charge in [-0.1, -0.05) is 0 Å². The third-order valence-electron chi connectivity index (χ3n) is 2.57. The Bertz CT molecular complexity index is 381. The molecule has 1 aliphatic heterocycles. The largest absolute Gasteiger partial charge is 0.379 e. The van der Waals surface area contributed by atoms with Gasteiger partial charge in [0.15, 0.2) is 11.5 Å². The van der Waals surface area contributed by atoms with Gasteiger partial charge in [-0.2, -0.15) is 5.26 Å². The van der Waals surface area contributed by atoms with Crippen molar-refractivity contribution in [2.75, 3.05) is 25.2 Å². The minimum Gasteiger partial charge on any atom is -0.379 e. The Morgan fingerprint density at radius 3 is 3.00 bits per heavy atom. The number of hydrogen-bond donors (Lipinski definition) is 0. The Kier molecular flexibility index (Phi) is 2.79. The summed E-state index contributed by atoms with van der Waals surface area (Å²) in [6.07, 6.45) is 4.10. The van der Waals surface area contributed by atoms with E-state index in [4.69, 9.17) is 10.00 Å². The van der Waals surface area contributed by atoms with Crippen LogP contribution in [0.5, 0.6) is 0 Å². The van der Waals surface area contributed by atoms with E-state index in [1.54, 1.807) is 6.20 Å². The number of anilines is 1. The highest BCUT2D eigenvalue weighted by Crippen LogP contribution is 2.19. The van der Waals surface area contributed by atoms with Crippen molar-refractivity contribution in [1.29, 1.82) is 5.26 Å². The summed E-state index contributed by atoms with van der Waals surface area (Å²) in [5.41, 5.74) is 0.368. The predicted molar refractivity (Wildman–Crippen MR) is 54.4 cm³/mol. The molecule has 1 atom stereocenters. The average molecular weight is 204 g/mol. The highest BCUT2D eigenvalue weighted by Gasteiger charge is 2.23. The maximum atomic E-state index is 8.90. The number of ether oxygens (including phenoxy) is 1. The van der Waals surface area contributed by atoms with Crippen LogP contribution in [0.4, 0.5) is 5.82 Å². The quantitative estimate of drug-likeness (QED) is 0.705. The maximum Gasteiger partial charge on any atom is 0.183 e. The molecule has 1 saturated heterocycles. The molecule has 78 valence electrons. The van der Waals surface area contributed by atoms with E-state index in [1.807, 2.05) is 18.0 Å². The number of likely N-dealkylation sites (N-methyl/N-ethyl adjacent to an activating group) is 1. The third-order valence-corrected chi connectivity index (χ3v) is 2.57. The van der Waals surface area contributed by atoms with Gasteiger partial charge in [0, 0.05) is 26.0 Å². The van der Waals surface area contributed by atoms with E-state index in [0.29, 0.717) is 24.2 Å². The van der Waals surface area contributed by atoms with Gasteiger partial charge in [-0.15, -0.1) is 0 Å². The zero-order valence-electron chi connectivity index (χ0n) is 8.55. The van der Waals surface area contributed by atoms with Gasteiger partial charge in [0.2, 0.25) is 0 Å². The van der Waals surface area contributed by atoms with E-state index in [1.165, 1.54) is 6.20 Å². The minimum absolute atomic E-state index is 0.300. The normalized spacial score (nSPS) is 19.9. The van der Waals surface area contributed by atoms with E-state index in [0.717, 1.165) is 13.0 Å². The Hall–Kier alpha value is -1.67. The Morgan fingerprint density at radius 1 is 1.53 bits per heavy atom. The van der Waals surface area contributed by atoms with Crippen LogP contribution in [-0.4, -0.2) is 36.3 Å². The van der Waals surface area contributed by atoms with Crippen LogP contribution < -0.4 is 4.90 Å². The lowest BCUT2D eigenvalue weighted by Crippen LogP contribution is -2.33. The first-order valence-electron chi connectivity index (χ1n) is 4.84. The summed E-state index contributed by atoms with van der Waals surface area (Å²) in [7, 11) is 1.92. The summed E-state index contributed by atoms with van der Waals surface area (Å²) in [4.78, 5) is 10.1. The number of aromatic nitrogens is 2. The first-order valence-corrected chi connectivity index (χ1v) is 4.84. The van der Waals surface area contributed by atoms with Crippen LogP contribution in [0.1, 0.15) is 12.1 Å². The van der Waals surface area contributed by atoms with Crippen molar-refractivity contribution in [3.63, 3.8) is 0 Å². The standard InChI is InChI=1S/C10H12N4O/c1-14(8-2-5-15-7-8)10-9(6-11)12-3-4-13-10/h3-4,8H,2,5,7H2,1H3. The predicted octanol–water partition coefficient (Wildman–Crippen LogP) is 0.573. The molecule has 0 bridgehead atoms. The van der Waals surface area contributed by atoms with Crippen LogP contribution >= 0.6 is 0 Å². The molecule has 5 heteroatoms. The van der Waals surface area contributed by atoms with Crippen LogP contribution in [-0.2, 0) is 4.74 Å².